The maximum atomic E-state index is 4.79. The van der Waals surface area contributed by atoms with E-state index in [0.717, 1.165) is 82.1 Å². The van der Waals surface area contributed by atoms with Crippen molar-refractivity contribution in [2.45, 2.75) is 13.8 Å². The van der Waals surface area contributed by atoms with Crippen LogP contribution in [0.1, 0.15) is 12.6 Å². The third-order valence-electron chi connectivity index (χ3n) is 5.95. The predicted molar refractivity (Wildman–Crippen MR) is 121 cm³/mol. The first-order chi connectivity index (χ1) is 14.1. The van der Waals surface area contributed by atoms with Crippen molar-refractivity contribution in [2.24, 2.45) is 0 Å². The van der Waals surface area contributed by atoms with Gasteiger partial charge in [0.1, 0.15) is 5.82 Å². The zero-order valence-electron chi connectivity index (χ0n) is 17.9. The summed E-state index contributed by atoms with van der Waals surface area (Å²) in [7, 11) is 2.19. The Kier molecular flexibility index (Phi) is 6.16. The Labute approximate surface area is 174 Å². The van der Waals surface area contributed by atoms with E-state index in [1.165, 1.54) is 5.69 Å². The molecule has 7 heteroatoms. The van der Waals surface area contributed by atoms with Crippen LogP contribution in [0.2, 0.25) is 0 Å². The summed E-state index contributed by atoms with van der Waals surface area (Å²) in [4.78, 5) is 19.1. The van der Waals surface area contributed by atoms with Gasteiger partial charge in [-0.3, -0.25) is 0 Å². The minimum atomic E-state index is 0.831. The summed E-state index contributed by atoms with van der Waals surface area (Å²) in [6.45, 7) is 13.9. The van der Waals surface area contributed by atoms with E-state index >= 15 is 0 Å². The highest BCUT2D eigenvalue weighted by Gasteiger charge is 2.19. The van der Waals surface area contributed by atoms with Crippen molar-refractivity contribution in [3.63, 3.8) is 0 Å². The van der Waals surface area contributed by atoms with Crippen molar-refractivity contribution in [2.75, 3.05) is 81.1 Å². The average molecular weight is 396 g/mol. The molecule has 2 aliphatic rings. The lowest BCUT2D eigenvalue weighted by atomic mass is 10.2. The molecule has 1 aromatic carbocycles. The zero-order valence-corrected chi connectivity index (χ0v) is 17.9. The van der Waals surface area contributed by atoms with Gasteiger partial charge in [0.25, 0.3) is 0 Å². The zero-order chi connectivity index (χ0) is 20.2. The molecule has 7 nitrogen and oxygen atoms in total. The molecule has 0 amide bonds. The number of hydrogen-bond acceptors (Lipinski definition) is 7. The highest BCUT2D eigenvalue weighted by Crippen LogP contribution is 2.23. The molecule has 0 aliphatic carbocycles. The molecule has 0 spiro atoms. The number of aromatic nitrogens is 2. The Bertz CT molecular complexity index is 791. The minimum Gasteiger partial charge on any atom is -0.369 e. The molecule has 0 radical (unpaired) electrons. The molecule has 1 N–H and O–H groups in total. The predicted octanol–water partition coefficient (Wildman–Crippen LogP) is 2.42. The lowest BCUT2D eigenvalue weighted by Gasteiger charge is -2.34. The Balaban J connectivity index is 1.42. The van der Waals surface area contributed by atoms with E-state index in [1.807, 2.05) is 13.0 Å². The maximum Gasteiger partial charge on any atom is 0.227 e. The number of aryl methyl sites for hydroxylation is 1. The molecule has 0 saturated carbocycles. The van der Waals surface area contributed by atoms with Crippen molar-refractivity contribution in [3.05, 3.63) is 36.0 Å². The monoisotopic (exact) mass is 395 g/mol. The summed E-state index contributed by atoms with van der Waals surface area (Å²) in [5.41, 5.74) is 3.34. The van der Waals surface area contributed by atoms with Gasteiger partial charge >= 0.3 is 0 Å². The molecular weight excluding hydrogens is 362 g/mol. The molecule has 2 fully saturated rings. The fourth-order valence-corrected chi connectivity index (χ4v) is 3.99. The SMILES string of the molecule is CCN1CCN(c2nc(C)cc(Nc3ccc(N4CCN(C)CC4)cc3)n2)CC1. The molecule has 3 heterocycles. The van der Waals surface area contributed by atoms with Crippen molar-refractivity contribution >= 4 is 23.1 Å². The van der Waals surface area contributed by atoms with Gasteiger partial charge in [-0.05, 0) is 44.8 Å². The van der Waals surface area contributed by atoms with Gasteiger partial charge in [-0.1, -0.05) is 6.92 Å². The summed E-state index contributed by atoms with van der Waals surface area (Å²) in [5, 5.41) is 3.47. The summed E-state index contributed by atoms with van der Waals surface area (Å²) in [6, 6.07) is 10.7. The quantitative estimate of drug-likeness (QED) is 0.834. The molecule has 0 unspecified atom stereocenters. The van der Waals surface area contributed by atoms with E-state index < -0.39 is 0 Å². The third-order valence-corrected chi connectivity index (χ3v) is 5.95. The molecule has 2 aliphatic heterocycles. The van der Waals surface area contributed by atoms with Crippen molar-refractivity contribution in [1.29, 1.82) is 0 Å². The first-order valence-corrected chi connectivity index (χ1v) is 10.7. The van der Waals surface area contributed by atoms with E-state index in [9.17, 15) is 0 Å². The van der Waals surface area contributed by atoms with Gasteiger partial charge in [0.15, 0.2) is 0 Å². The van der Waals surface area contributed by atoms with Gasteiger partial charge in [-0.25, -0.2) is 4.98 Å². The normalized spacial score (nSPS) is 18.9. The summed E-state index contributed by atoms with van der Waals surface area (Å²) in [5.74, 6) is 1.69. The van der Waals surface area contributed by atoms with Crippen molar-refractivity contribution in [1.82, 2.24) is 19.8 Å². The minimum absolute atomic E-state index is 0.831. The van der Waals surface area contributed by atoms with Gasteiger partial charge in [0.05, 0.1) is 0 Å². The number of piperazine rings is 2. The molecule has 4 rings (SSSR count). The van der Waals surface area contributed by atoms with Crippen LogP contribution >= 0.6 is 0 Å². The van der Waals surface area contributed by atoms with E-state index in [-0.39, 0.29) is 0 Å². The maximum absolute atomic E-state index is 4.79. The van der Waals surface area contributed by atoms with Crippen LogP contribution in [-0.4, -0.2) is 85.7 Å². The van der Waals surface area contributed by atoms with Gasteiger partial charge in [0, 0.05) is 75.5 Å². The van der Waals surface area contributed by atoms with Crippen LogP contribution in [0.15, 0.2) is 30.3 Å². The topological polar surface area (TPSA) is 50.8 Å². The Morgan fingerprint density at radius 1 is 0.862 bits per heavy atom. The van der Waals surface area contributed by atoms with Gasteiger partial charge < -0.3 is 24.9 Å². The molecule has 0 bridgehead atoms. The van der Waals surface area contributed by atoms with Crippen LogP contribution < -0.4 is 15.1 Å². The molecule has 29 heavy (non-hydrogen) atoms. The van der Waals surface area contributed by atoms with E-state index in [4.69, 9.17) is 4.98 Å². The number of nitrogens with one attached hydrogen (secondary N) is 1. The molecule has 0 atom stereocenters. The third kappa shape index (κ3) is 4.97. The Hall–Kier alpha value is -2.38. The first-order valence-electron chi connectivity index (χ1n) is 10.7. The Morgan fingerprint density at radius 3 is 2.17 bits per heavy atom. The first kappa shape index (κ1) is 19.9. The fourth-order valence-electron chi connectivity index (χ4n) is 3.99. The van der Waals surface area contributed by atoms with Crippen LogP contribution in [0.3, 0.4) is 0 Å². The van der Waals surface area contributed by atoms with Gasteiger partial charge in [0.2, 0.25) is 5.95 Å². The lowest BCUT2D eigenvalue weighted by molar-refractivity contribution is 0.270. The van der Waals surface area contributed by atoms with Crippen LogP contribution in [0, 0.1) is 6.92 Å². The highest BCUT2D eigenvalue weighted by atomic mass is 15.3. The number of rotatable bonds is 5. The smallest absolute Gasteiger partial charge is 0.227 e. The number of hydrogen-bond donors (Lipinski definition) is 1. The molecule has 2 aromatic rings. The van der Waals surface area contributed by atoms with Crippen molar-refractivity contribution < 1.29 is 0 Å². The Morgan fingerprint density at radius 2 is 1.52 bits per heavy atom. The van der Waals surface area contributed by atoms with E-state index in [2.05, 4.69) is 68.1 Å². The van der Waals surface area contributed by atoms with Crippen LogP contribution in [0.4, 0.5) is 23.1 Å². The molecule has 2 saturated heterocycles. The number of benzene rings is 1. The second-order valence-electron chi connectivity index (χ2n) is 8.08. The van der Waals surface area contributed by atoms with Gasteiger partial charge in [-0.2, -0.15) is 4.98 Å². The fraction of sp³-hybridized carbons (Fsp3) is 0.545. The summed E-state index contributed by atoms with van der Waals surface area (Å²) >= 11 is 0. The second-order valence-corrected chi connectivity index (χ2v) is 8.08. The number of anilines is 4. The molecular formula is C22H33N7. The largest absolute Gasteiger partial charge is 0.369 e. The van der Waals surface area contributed by atoms with Crippen molar-refractivity contribution in [3.8, 4) is 0 Å². The standard InChI is InChI=1S/C22H33N7/c1-4-27-11-15-29(16-12-27)22-23-18(2)17-21(25-22)24-19-5-7-20(8-6-19)28-13-9-26(3)10-14-28/h5-8,17H,4,9-16H2,1-3H3,(H,23,24,25). The number of nitrogens with zero attached hydrogens (tertiary/aromatic N) is 6. The number of likely N-dealkylation sites (N-methyl/N-ethyl adjacent to an activating group) is 2. The van der Waals surface area contributed by atoms with Crippen LogP contribution in [0.5, 0.6) is 0 Å². The molecule has 156 valence electrons. The van der Waals surface area contributed by atoms with Crippen LogP contribution in [-0.2, 0) is 0 Å². The van der Waals surface area contributed by atoms with E-state index in [1.54, 1.807) is 0 Å². The lowest BCUT2D eigenvalue weighted by Crippen LogP contribution is -2.46. The van der Waals surface area contributed by atoms with Crippen LogP contribution in [0.25, 0.3) is 0 Å². The van der Waals surface area contributed by atoms with E-state index in [0.29, 0.717) is 0 Å². The average Bonchev–Trinajstić information content (AvgIpc) is 2.75. The highest BCUT2D eigenvalue weighted by molar-refractivity contribution is 5.62. The van der Waals surface area contributed by atoms with Gasteiger partial charge in [-0.15, -0.1) is 0 Å². The summed E-state index contributed by atoms with van der Waals surface area (Å²) < 4.78 is 0. The second kappa shape index (κ2) is 8.97. The molecule has 1 aromatic heterocycles. The summed E-state index contributed by atoms with van der Waals surface area (Å²) in [6.07, 6.45) is 0.